The first kappa shape index (κ1) is 13.7. The molecule has 5 nitrogen and oxygen atoms in total. The number of rotatable bonds is 4. The van der Waals surface area contributed by atoms with Crippen molar-refractivity contribution < 1.29 is 14.6 Å². The first-order chi connectivity index (χ1) is 10.2. The first-order valence-electron chi connectivity index (χ1n) is 6.31. The van der Waals surface area contributed by atoms with E-state index in [1.54, 1.807) is 25.3 Å². The Labute approximate surface area is 125 Å². The summed E-state index contributed by atoms with van der Waals surface area (Å²) in [6.45, 7) is -0.0446. The van der Waals surface area contributed by atoms with Crippen LogP contribution >= 0.6 is 11.3 Å². The molecule has 0 unspecified atom stereocenters. The molecule has 0 radical (unpaired) electrons. The molecule has 0 aliphatic carbocycles. The molecule has 0 atom stereocenters. The summed E-state index contributed by atoms with van der Waals surface area (Å²) in [5.41, 5.74) is 8.06. The summed E-state index contributed by atoms with van der Waals surface area (Å²) >= 11 is 1.42. The van der Waals surface area contributed by atoms with Gasteiger partial charge in [-0.1, -0.05) is 17.4 Å². The summed E-state index contributed by atoms with van der Waals surface area (Å²) in [7, 11) is 1.56. The highest BCUT2D eigenvalue weighted by Crippen LogP contribution is 2.36. The van der Waals surface area contributed by atoms with Crippen LogP contribution < -0.4 is 15.2 Å². The lowest BCUT2D eigenvalue weighted by atomic mass is 10.2. The normalized spacial score (nSPS) is 10.8. The van der Waals surface area contributed by atoms with Gasteiger partial charge in [-0.3, -0.25) is 0 Å². The Morgan fingerprint density at radius 1 is 1.19 bits per heavy atom. The lowest BCUT2D eigenvalue weighted by molar-refractivity contribution is 0.280. The van der Waals surface area contributed by atoms with Crippen molar-refractivity contribution in [2.24, 2.45) is 0 Å². The van der Waals surface area contributed by atoms with Crippen LogP contribution in [0.3, 0.4) is 0 Å². The number of nitrogen functional groups attached to an aromatic ring is 1. The van der Waals surface area contributed by atoms with Gasteiger partial charge in [0.15, 0.2) is 11.5 Å². The molecular formula is C15H14N2O3S. The molecule has 3 rings (SSSR count). The van der Waals surface area contributed by atoms with Gasteiger partial charge < -0.3 is 20.3 Å². The van der Waals surface area contributed by atoms with E-state index in [-0.39, 0.29) is 6.61 Å². The fourth-order valence-electron chi connectivity index (χ4n) is 1.95. The largest absolute Gasteiger partial charge is 0.493 e. The van der Waals surface area contributed by atoms with Crippen molar-refractivity contribution in [2.75, 3.05) is 12.8 Å². The number of anilines is 1. The van der Waals surface area contributed by atoms with Crippen molar-refractivity contribution in [1.82, 2.24) is 4.98 Å². The molecule has 21 heavy (non-hydrogen) atoms. The molecule has 0 bridgehead atoms. The first-order valence-corrected chi connectivity index (χ1v) is 7.13. The van der Waals surface area contributed by atoms with Crippen LogP contribution in [-0.2, 0) is 6.61 Å². The molecule has 0 saturated heterocycles. The second kappa shape index (κ2) is 5.59. The molecule has 0 aliphatic rings. The minimum atomic E-state index is -0.0446. The van der Waals surface area contributed by atoms with E-state index in [0.29, 0.717) is 22.4 Å². The van der Waals surface area contributed by atoms with Crippen molar-refractivity contribution in [3.05, 3.63) is 42.0 Å². The monoisotopic (exact) mass is 302 g/mol. The van der Waals surface area contributed by atoms with Crippen molar-refractivity contribution in [2.45, 2.75) is 6.61 Å². The number of ether oxygens (including phenoxy) is 2. The van der Waals surface area contributed by atoms with Crippen molar-refractivity contribution in [3.8, 4) is 16.7 Å². The topological polar surface area (TPSA) is 77.6 Å². The number of aliphatic hydroxyl groups excluding tert-OH is 1. The minimum absolute atomic E-state index is 0.0446. The van der Waals surface area contributed by atoms with E-state index in [0.717, 1.165) is 15.8 Å². The molecule has 0 aliphatic heterocycles. The standard InChI is InChI=1S/C15H14N2O3S/c1-19-13-6-9(8-18)2-5-12(13)20-15-17-11-4-3-10(16)7-14(11)21-15/h2-7,18H,8,16H2,1H3. The fourth-order valence-corrected chi connectivity index (χ4v) is 2.83. The Bertz CT molecular complexity index is 786. The summed E-state index contributed by atoms with van der Waals surface area (Å²) in [6, 6.07) is 10.8. The maximum atomic E-state index is 9.14. The van der Waals surface area contributed by atoms with E-state index in [9.17, 15) is 0 Å². The molecule has 0 fully saturated rings. The zero-order valence-corrected chi connectivity index (χ0v) is 12.2. The molecule has 6 heteroatoms. The molecule has 2 aromatic carbocycles. The molecule has 1 heterocycles. The van der Waals surface area contributed by atoms with E-state index in [4.69, 9.17) is 20.3 Å². The maximum absolute atomic E-state index is 9.14. The van der Waals surface area contributed by atoms with Gasteiger partial charge in [-0.15, -0.1) is 0 Å². The Kier molecular flexibility index (Phi) is 3.64. The number of hydrogen-bond donors (Lipinski definition) is 2. The highest BCUT2D eigenvalue weighted by atomic mass is 32.1. The van der Waals surface area contributed by atoms with Crippen LogP contribution in [0, 0.1) is 0 Å². The van der Waals surface area contributed by atoms with Gasteiger partial charge in [-0.05, 0) is 35.9 Å². The van der Waals surface area contributed by atoms with Crippen molar-refractivity contribution >= 4 is 27.2 Å². The van der Waals surface area contributed by atoms with E-state index >= 15 is 0 Å². The predicted octanol–water partition coefficient (Wildman–Crippen LogP) is 3.17. The van der Waals surface area contributed by atoms with Crippen LogP contribution in [-0.4, -0.2) is 17.2 Å². The number of aliphatic hydroxyl groups is 1. The maximum Gasteiger partial charge on any atom is 0.279 e. The Hall–Kier alpha value is -2.31. The van der Waals surface area contributed by atoms with Crippen LogP contribution in [0.15, 0.2) is 36.4 Å². The third-order valence-corrected chi connectivity index (χ3v) is 3.90. The molecule has 0 saturated carbocycles. The second-order valence-electron chi connectivity index (χ2n) is 4.45. The number of thiazole rings is 1. The quantitative estimate of drug-likeness (QED) is 0.724. The van der Waals surface area contributed by atoms with Gasteiger partial charge >= 0.3 is 0 Å². The summed E-state index contributed by atoms with van der Waals surface area (Å²) in [5, 5.41) is 9.66. The van der Waals surface area contributed by atoms with Crippen molar-refractivity contribution in [1.29, 1.82) is 0 Å². The number of aromatic nitrogens is 1. The summed E-state index contributed by atoms with van der Waals surface area (Å²) in [5.74, 6) is 1.11. The number of methoxy groups -OCH3 is 1. The van der Waals surface area contributed by atoms with Crippen LogP contribution in [0.5, 0.6) is 16.7 Å². The van der Waals surface area contributed by atoms with E-state index in [1.807, 2.05) is 18.2 Å². The van der Waals surface area contributed by atoms with Gasteiger partial charge in [0.05, 0.1) is 23.9 Å². The van der Waals surface area contributed by atoms with E-state index in [1.165, 1.54) is 11.3 Å². The third kappa shape index (κ3) is 2.76. The van der Waals surface area contributed by atoms with E-state index in [2.05, 4.69) is 4.98 Å². The van der Waals surface area contributed by atoms with Gasteiger partial charge in [0.25, 0.3) is 5.19 Å². The lowest BCUT2D eigenvalue weighted by Gasteiger charge is -2.09. The molecule has 0 amide bonds. The number of hydrogen-bond acceptors (Lipinski definition) is 6. The van der Waals surface area contributed by atoms with Gasteiger partial charge in [-0.2, -0.15) is 0 Å². The van der Waals surface area contributed by atoms with Crippen LogP contribution in [0.2, 0.25) is 0 Å². The molecule has 1 aromatic heterocycles. The SMILES string of the molecule is COc1cc(CO)ccc1Oc1nc2ccc(N)cc2s1. The average Bonchev–Trinajstić information content (AvgIpc) is 2.89. The number of nitrogens with zero attached hydrogens (tertiary/aromatic N) is 1. The summed E-state index contributed by atoms with van der Waals surface area (Å²) in [4.78, 5) is 4.40. The smallest absolute Gasteiger partial charge is 0.279 e. The summed E-state index contributed by atoms with van der Waals surface area (Å²) < 4.78 is 12.0. The van der Waals surface area contributed by atoms with Crippen LogP contribution in [0.1, 0.15) is 5.56 Å². The average molecular weight is 302 g/mol. The van der Waals surface area contributed by atoms with Crippen molar-refractivity contribution in [3.63, 3.8) is 0 Å². The zero-order chi connectivity index (χ0) is 14.8. The van der Waals surface area contributed by atoms with Crippen LogP contribution in [0.25, 0.3) is 10.2 Å². The highest BCUT2D eigenvalue weighted by Gasteiger charge is 2.10. The second-order valence-corrected chi connectivity index (χ2v) is 5.45. The molecule has 108 valence electrons. The molecular weight excluding hydrogens is 288 g/mol. The van der Waals surface area contributed by atoms with Gasteiger partial charge in [-0.25, -0.2) is 4.98 Å². The van der Waals surface area contributed by atoms with Crippen LogP contribution in [0.4, 0.5) is 5.69 Å². The van der Waals surface area contributed by atoms with Gasteiger partial charge in [0.2, 0.25) is 0 Å². The minimum Gasteiger partial charge on any atom is -0.493 e. The van der Waals surface area contributed by atoms with Gasteiger partial charge in [0, 0.05) is 5.69 Å². The molecule has 0 spiro atoms. The number of benzene rings is 2. The Balaban J connectivity index is 1.94. The predicted molar refractivity (Wildman–Crippen MR) is 83.0 cm³/mol. The fraction of sp³-hybridized carbons (Fsp3) is 0.133. The molecule has 3 N–H and O–H groups in total. The third-order valence-electron chi connectivity index (χ3n) is 3.00. The highest BCUT2D eigenvalue weighted by molar-refractivity contribution is 7.20. The summed E-state index contributed by atoms with van der Waals surface area (Å²) in [6.07, 6.45) is 0. The van der Waals surface area contributed by atoms with Gasteiger partial charge in [0.1, 0.15) is 0 Å². The Morgan fingerprint density at radius 2 is 2.05 bits per heavy atom. The number of nitrogens with two attached hydrogens (primary N) is 1. The zero-order valence-electron chi connectivity index (χ0n) is 11.4. The molecule has 3 aromatic rings. The Morgan fingerprint density at radius 3 is 2.81 bits per heavy atom. The van der Waals surface area contributed by atoms with E-state index < -0.39 is 0 Å². The number of fused-ring (bicyclic) bond motifs is 1. The lowest BCUT2D eigenvalue weighted by Crippen LogP contribution is -1.92.